The number of hydrogen-bond acceptors (Lipinski definition) is 3. The highest BCUT2D eigenvalue weighted by Crippen LogP contribution is 2.28. The highest BCUT2D eigenvalue weighted by molar-refractivity contribution is 5.76. The van der Waals surface area contributed by atoms with Crippen LogP contribution >= 0.6 is 0 Å². The molecule has 0 saturated heterocycles. The lowest BCUT2D eigenvalue weighted by Gasteiger charge is -2.12. The lowest BCUT2D eigenvalue weighted by molar-refractivity contribution is -0.120. The standard InChI is InChI=1S/C17H23NO3/c1-4-7-8-17(19)18-12-11-14-9-10-15(20-5-2)16(13-14)21-6-3/h1,9-10,13H,5-8,11-12H2,2-3H3,(H,18,19). The minimum Gasteiger partial charge on any atom is -0.490 e. The van der Waals surface area contributed by atoms with Gasteiger partial charge in [0.2, 0.25) is 5.91 Å². The molecule has 0 unspecified atom stereocenters. The van der Waals surface area contributed by atoms with E-state index in [1.807, 2.05) is 32.0 Å². The molecule has 0 fully saturated rings. The van der Waals surface area contributed by atoms with E-state index in [0.29, 0.717) is 32.6 Å². The molecule has 0 heterocycles. The molecule has 0 bridgehead atoms. The van der Waals surface area contributed by atoms with Gasteiger partial charge in [0.1, 0.15) is 0 Å². The Morgan fingerprint density at radius 1 is 1.24 bits per heavy atom. The number of carbonyl (C=O) groups excluding carboxylic acids is 1. The summed E-state index contributed by atoms with van der Waals surface area (Å²) in [4.78, 5) is 11.4. The van der Waals surface area contributed by atoms with Gasteiger partial charge in [0.15, 0.2) is 11.5 Å². The van der Waals surface area contributed by atoms with E-state index in [-0.39, 0.29) is 5.91 Å². The van der Waals surface area contributed by atoms with Crippen LogP contribution in [0.25, 0.3) is 0 Å². The highest BCUT2D eigenvalue weighted by Gasteiger charge is 2.06. The highest BCUT2D eigenvalue weighted by atomic mass is 16.5. The van der Waals surface area contributed by atoms with Crippen LogP contribution in [0.3, 0.4) is 0 Å². The van der Waals surface area contributed by atoms with E-state index >= 15 is 0 Å². The summed E-state index contributed by atoms with van der Waals surface area (Å²) in [5.74, 6) is 3.94. The summed E-state index contributed by atoms with van der Waals surface area (Å²) in [6.45, 7) is 5.66. The number of terminal acetylenes is 1. The molecule has 1 N–H and O–H groups in total. The lowest BCUT2D eigenvalue weighted by atomic mass is 10.1. The van der Waals surface area contributed by atoms with Gasteiger partial charge in [-0.05, 0) is 38.0 Å². The topological polar surface area (TPSA) is 47.6 Å². The predicted molar refractivity (Wildman–Crippen MR) is 83.6 cm³/mol. The van der Waals surface area contributed by atoms with E-state index in [9.17, 15) is 4.79 Å². The van der Waals surface area contributed by atoms with Crippen LogP contribution in [0.2, 0.25) is 0 Å². The predicted octanol–water partition coefficient (Wildman–Crippen LogP) is 2.56. The first-order valence-corrected chi connectivity index (χ1v) is 7.29. The Labute approximate surface area is 126 Å². The molecular formula is C17H23NO3. The first-order valence-electron chi connectivity index (χ1n) is 7.29. The first kappa shape index (κ1) is 16.9. The number of rotatable bonds is 9. The smallest absolute Gasteiger partial charge is 0.220 e. The van der Waals surface area contributed by atoms with Gasteiger partial charge in [-0.25, -0.2) is 0 Å². The summed E-state index contributed by atoms with van der Waals surface area (Å²) in [6, 6.07) is 5.85. The van der Waals surface area contributed by atoms with Gasteiger partial charge in [0.05, 0.1) is 13.2 Å². The summed E-state index contributed by atoms with van der Waals surface area (Å²) in [6.07, 6.45) is 6.72. The van der Waals surface area contributed by atoms with Crippen LogP contribution in [0.4, 0.5) is 0 Å². The summed E-state index contributed by atoms with van der Waals surface area (Å²) in [7, 11) is 0. The number of hydrogen-bond donors (Lipinski definition) is 1. The molecule has 114 valence electrons. The Morgan fingerprint density at radius 2 is 1.95 bits per heavy atom. The van der Waals surface area contributed by atoms with Crippen LogP contribution in [0.15, 0.2) is 18.2 Å². The normalized spacial score (nSPS) is 9.76. The molecule has 1 aromatic rings. The van der Waals surface area contributed by atoms with Crippen molar-refractivity contribution >= 4 is 5.91 Å². The fourth-order valence-electron chi connectivity index (χ4n) is 1.87. The number of amides is 1. The second kappa shape index (κ2) is 9.71. The van der Waals surface area contributed by atoms with Crippen LogP contribution in [0.1, 0.15) is 32.3 Å². The molecule has 4 nitrogen and oxygen atoms in total. The van der Waals surface area contributed by atoms with Crippen molar-refractivity contribution in [2.45, 2.75) is 33.1 Å². The maximum Gasteiger partial charge on any atom is 0.220 e. The molecule has 1 amide bonds. The first-order chi connectivity index (χ1) is 10.2. The van der Waals surface area contributed by atoms with Crippen molar-refractivity contribution in [1.82, 2.24) is 5.32 Å². The molecule has 0 aromatic heterocycles. The van der Waals surface area contributed by atoms with E-state index in [1.54, 1.807) is 0 Å². The van der Waals surface area contributed by atoms with Gasteiger partial charge in [0.25, 0.3) is 0 Å². The molecule has 0 radical (unpaired) electrons. The summed E-state index contributed by atoms with van der Waals surface area (Å²) >= 11 is 0. The van der Waals surface area contributed by atoms with Crippen molar-refractivity contribution < 1.29 is 14.3 Å². The molecule has 0 saturated carbocycles. The molecular weight excluding hydrogens is 266 g/mol. The van der Waals surface area contributed by atoms with Gasteiger partial charge in [-0.3, -0.25) is 4.79 Å². The average molecular weight is 289 g/mol. The van der Waals surface area contributed by atoms with E-state index < -0.39 is 0 Å². The van der Waals surface area contributed by atoms with Crippen LogP contribution in [0, 0.1) is 12.3 Å². The molecule has 0 spiro atoms. The Morgan fingerprint density at radius 3 is 2.62 bits per heavy atom. The van der Waals surface area contributed by atoms with Gasteiger partial charge < -0.3 is 14.8 Å². The minimum atomic E-state index is -0.0103. The summed E-state index contributed by atoms with van der Waals surface area (Å²) in [5, 5.41) is 2.85. The summed E-state index contributed by atoms with van der Waals surface area (Å²) < 4.78 is 11.1. The second-order valence-corrected chi connectivity index (χ2v) is 4.45. The largest absolute Gasteiger partial charge is 0.490 e. The molecule has 4 heteroatoms. The molecule has 0 aliphatic carbocycles. The number of nitrogens with one attached hydrogen (secondary N) is 1. The van der Waals surface area contributed by atoms with Crippen LogP contribution in [-0.2, 0) is 11.2 Å². The van der Waals surface area contributed by atoms with Crippen LogP contribution in [-0.4, -0.2) is 25.7 Å². The Hall–Kier alpha value is -2.15. The molecule has 1 aromatic carbocycles. The minimum absolute atomic E-state index is 0.0103. The van der Waals surface area contributed by atoms with Gasteiger partial charge in [-0.15, -0.1) is 12.3 Å². The average Bonchev–Trinajstić information content (AvgIpc) is 2.48. The SMILES string of the molecule is C#CCCC(=O)NCCc1ccc(OCC)c(OCC)c1. The molecule has 1 rings (SSSR count). The van der Waals surface area contributed by atoms with Crippen LogP contribution in [0.5, 0.6) is 11.5 Å². The van der Waals surface area contributed by atoms with Crippen molar-refractivity contribution in [2.75, 3.05) is 19.8 Å². The van der Waals surface area contributed by atoms with Crippen molar-refractivity contribution in [3.05, 3.63) is 23.8 Å². The lowest BCUT2D eigenvalue weighted by Crippen LogP contribution is -2.25. The number of ether oxygens (including phenoxy) is 2. The molecule has 0 aliphatic rings. The molecule has 0 atom stereocenters. The van der Waals surface area contributed by atoms with E-state index in [0.717, 1.165) is 23.5 Å². The van der Waals surface area contributed by atoms with Gasteiger partial charge >= 0.3 is 0 Å². The molecule has 0 aliphatic heterocycles. The van der Waals surface area contributed by atoms with Crippen molar-refractivity contribution in [3.63, 3.8) is 0 Å². The zero-order valence-electron chi connectivity index (χ0n) is 12.8. The van der Waals surface area contributed by atoms with Gasteiger partial charge in [-0.2, -0.15) is 0 Å². The monoisotopic (exact) mass is 289 g/mol. The van der Waals surface area contributed by atoms with Crippen LogP contribution < -0.4 is 14.8 Å². The van der Waals surface area contributed by atoms with E-state index in [1.165, 1.54) is 0 Å². The second-order valence-electron chi connectivity index (χ2n) is 4.45. The maximum atomic E-state index is 11.4. The van der Waals surface area contributed by atoms with Gasteiger partial charge in [-0.1, -0.05) is 6.07 Å². The third-order valence-corrected chi connectivity index (χ3v) is 2.84. The Balaban J connectivity index is 2.53. The quantitative estimate of drug-likeness (QED) is 0.711. The zero-order valence-corrected chi connectivity index (χ0v) is 12.8. The number of benzene rings is 1. The Kier molecular flexibility index (Phi) is 7.81. The maximum absolute atomic E-state index is 11.4. The third kappa shape index (κ3) is 6.22. The third-order valence-electron chi connectivity index (χ3n) is 2.84. The fourth-order valence-corrected chi connectivity index (χ4v) is 1.87. The van der Waals surface area contributed by atoms with Crippen molar-refractivity contribution in [1.29, 1.82) is 0 Å². The van der Waals surface area contributed by atoms with Gasteiger partial charge in [0, 0.05) is 19.4 Å². The van der Waals surface area contributed by atoms with E-state index in [4.69, 9.17) is 15.9 Å². The molecule has 21 heavy (non-hydrogen) atoms. The summed E-state index contributed by atoms with van der Waals surface area (Å²) in [5.41, 5.74) is 1.10. The zero-order chi connectivity index (χ0) is 15.5. The fraction of sp³-hybridized carbons (Fsp3) is 0.471. The van der Waals surface area contributed by atoms with Crippen molar-refractivity contribution in [3.8, 4) is 23.8 Å². The van der Waals surface area contributed by atoms with Crippen molar-refractivity contribution in [2.24, 2.45) is 0 Å². The number of carbonyl (C=O) groups is 1. The Bertz CT molecular complexity index is 491. The van der Waals surface area contributed by atoms with E-state index in [2.05, 4.69) is 11.2 Å².